The predicted octanol–water partition coefficient (Wildman–Crippen LogP) is 4.15. The molecule has 0 fully saturated rings. The van der Waals surface area contributed by atoms with Gasteiger partial charge in [0.25, 0.3) is 0 Å². The maximum absolute atomic E-state index is 11.4. The highest BCUT2D eigenvalue weighted by molar-refractivity contribution is 7.14. The Morgan fingerprint density at radius 2 is 1.88 bits per heavy atom. The van der Waals surface area contributed by atoms with Gasteiger partial charge in [0.15, 0.2) is 5.13 Å². The highest BCUT2D eigenvalue weighted by Gasteiger charge is 2.10. The molecule has 4 rings (SSSR count). The number of thiazole rings is 1. The molecule has 0 unspecified atom stereocenters. The van der Waals surface area contributed by atoms with Gasteiger partial charge in [0.05, 0.1) is 22.8 Å². The molecular weight excluding hydrogens is 320 g/mol. The van der Waals surface area contributed by atoms with E-state index in [9.17, 15) is 4.79 Å². The van der Waals surface area contributed by atoms with Gasteiger partial charge in [-0.05, 0) is 24.6 Å². The van der Waals surface area contributed by atoms with E-state index in [0.717, 1.165) is 27.4 Å². The smallest absolute Gasteiger partial charge is 0.323 e. The van der Waals surface area contributed by atoms with Crippen LogP contribution in [0.1, 0.15) is 18.5 Å². The normalized spacial score (nSPS) is 12.4. The second-order valence-corrected chi connectivity index (χ2v) is 6.51. The third-order valence-corrected chi connectivity index (χ3v) is 4.73. The molecule has 0 aliphatic rings. The third-order valence-electron chi connectivity index (χ3n) is 3.96. The molecule has 3 N–H and O–H groups in total. The highest BCUT2D eigenvalue weighted by atomic mass is 32.1. The molecule has 0 saturated carbocycles. The number of anilines is 1. The minimum absolute atomic E-state index is 0.189. The molecule has 0 amide bonds. The van der Waals surface area contributed by atoms with Crippen molar-refractivity contribution in [3.05, 3.63) is 70.0 Å². The number of hydrogen-bond donors (Lipinski definition) is 3. The summed E-state index contributed by atoms with van der Waals surface area (Å²) < 4.78 is 0. The second kappa shape index (κ2) is 5.98. The SMILES string of the molecule is C[C@H](Nc1nc(-c2ccc3[nH]c(=O)[nH]c3c2)cs1)c1ccccc1. The van der Waals surface area contributed by atoms with Crippen molar-refractivity contribution in [1.29, 1.82) is 0 Å². The topological polar surface area (TPSA) is 73.6 Å². The Hall–Kier alpha value is -2.86. The molecule has 2 heterocycles. The van der Waals surface area contributed by atoms with Crippen LogP contribution in [0.4, 0.5) is 5.13 Å². The molecule has 0 bridgehead atoms. The summed E-state index contributed by atoms with van der Waals surface area (Å²) in [5, 5.41) is 6.33. The van der Waals surface area contributed by atoms with Gasteiger partial charge >= 0.3 is 5.69 Å². The standard InChI is InChI=1S/C18H16N4OS/c1-11(12-5-3-2-4-6-12)19-18-22-16(10-24-18)13-7-8-14-15(9-13)21-17(23)20-14/h2-11H,1H3,(H,19,22)(H2,20,21,23)/t11-/m0/s1. The average molecular weight is 336 g/mol. The average Bonchev–Trinajstić information content (AvgIpc) is 3.20. The Bertz CT molecular complexity index is 1030. The Morgan fingerprint density at radius 1 is 1.08 bits per heavy atom. The highest BCUT2D eigenvalue weighted by Crippen LogP contribution is 2.28. The Morgan fingerprint density at radius 3 is 2.71 bits per heavy atom. The van der Waals surface area contributed by atoms with Crippen LogP contribution in [0.15, 0.2) is 58.7 Å². The van der Waals surface area contributed by atoms with Crippen LogP contribution in [0.5, 0.6) is 0 Å². The maximum atomic E-state index is 11.4. The van der Waals surface area contributed by atoms with Gasteiger partial charge in [-0.2, -0.15) is 0 Å². The van der Waals surface area contributed by atoms with Crippen molar-refractivity contribution in [2.24, 2.45) is 0 Å². The molecular formula is C18H16N4OS. The number of imidazole rings is 1. The number of fused-ring (bicyclic) bond motifs is 1. The molecule has 5 nitrogen and oxygen atoms in total. The molecule has 0 radical (unpaired) electrons. The van der Waals surface area contributed by atoms with Crippen molar-refractivity contribution >= 4 is 27.5 Å². The fraction of sp³-hybridized carbons (Fsp3) is 0.111. The first-order chi connectivity index (χ1) is 11.7. The molecule has 0 aliphatic carbocycles. The van der Waals surface area contributed by atoms with Gasteiger partial charge in [-0.1, -0.05) is 36.4 Å². The van der Waals surface area contributed by atoms with Crippen LogP contribution in [0.3, 0.4) is 0 Å². The summed E-state index contributed by atoms with van der Waals surface area (Å²) in [4.78, 5) is 21.6. The lowest BCUT2D eigenvalue weighted by molar-refractivity contribution is 0.882. The number of nitrogens with one attached hydrogen (secondary N) is 3. The number of benzene rings is 2. The molecule has 2 aromatic heterocycles. The third kappa shape index (κ3) is 2.83. The summed E-state index contributed by atoms with van der Waals surface area (Å²) >= 11 is 1.58. The van der Waals surface area contributed by atoms with Gasteiger partial charge in [0, 0.05) is 10.9 Å². The maximum Gasteiger partial charge on any atom is 0.323 e. The van der Waals surface area contributed by atoms with Gasteiger partial charge in [0.1, 0.15) is 0 Å². The van der Waals surface area contributed by atoms with Gasteiger partial charge in [-0.15, -0.1) is 11.3 Å². The van der Waals surface area contributed by atoms with E-state index >= 15 is 0 Å². The van der Waals surface area contributed by atoms with E-state index in [2.05, 4.69) is 39.3 Å². The summed E-state index contributed by atoms with van der Waals surface area (Å²) in [6.45, 7) is 2.12. The van der Waals surface area contributed by atoms with E-state index in [0.29, 0.717) is 0 Å². The molecule has 24 heavy (non-hydrogen) atoms. The summed E-state index contributed by atoms with van der Waals surface area (Å²) in [5.41, 5.74) is 4.49. The van der Waals surface area contributed by atoms with Gasteiger partial charge in [0.2, 0.25) is 0 Å². The summed E-state index contributed by atoms with van der Waals surface area (Å²) in [5.74, 6) is 0. The zero-order valence-corrected chi connectivity index (χ0v) is 13.9. The van der Waals surface area contributed by atoms with Crippen LogP contribution >= 0.6 is 11.3 Å². The predicted molar refractivity (Wildman–Crippen MR) is 98.5 cm³/mol. The summed E-state index contributed by atoms with van der Waals surface area (Å²) in [6, 6.07) is 16.3. The Labute approximate surface area is 142 Å². The minimum atomic E-state index is -0.195. The Kier molecular flexibility index (Phi) is 3.66. The monoisotopic (exact) mass is 336 g/mol. The second-order valence-electron chi connectivity index (χ2n) is 5.65. The first kappa shape index (κ1) is 14.7. The molecule has 120 valence electrons. The van der Waals surface area contributed by atoms with Crippen molar-refractivity contribution in [2.75, 3.05) is 5.32 Å². The van der Waals surface area contributed by atoms with Crippen LogP contribution in [0, 0.1) is 0 Å². The largest absolute Gasteiger partial charge is 0.355 e. The van der Waals surface area contributed by atoms with Crippen molar-refractivity contribution in [2.45, 2.75) is 13.0 Å². The lowest BCUT2D eigenvalue weighted by Gasteiger charge is -2.12. The molecule has 0 spiro atoms. The van der Waals surface area contributed by atoms with E-state index in [-0.39, 0.29) is 11.7 Å². The lowest BCUT2D eigenvalue weighted by atomic mass is 10.1. The first-order valence-corrected chi connectivity index (χ1v) is 8.56. The van der Waals surface area contributed by atoms with Crippen molar-refractivity contribution in [3.63, 3.8) is 0 Å². The van der Waals surface area contributed by atoms with E-state index in [1.54, 1.807) is 11.3 Å². The van der Waals surface area contributed by atoms with Crippen LogP contribution in [0.2, 0.25) is 0 Å². The van der Waals surface area contributed by atoms with Crippen LogP contribution in [0.25, 0.3) is 22.3 Å². The van der Waals surface area contributed by atoms with E-state index in [4.69, 9.17) is 0 Å². The summed E-state index contributed by atoms with van der Waals surface area (Å²) in [6.07, 6.45) is 0. The number of nitrogens with zero attached hydrogens (tertiary/aromatic N) is 1. The fourth-order valence-corrected chi connectivity index (χ4v) is 3.48. The number of rotatable bonds is 4. The number of hydrogen-bond acceptors (Lipinski definition) is 4. The molecule has 6 heteroatoms. The van der Waals surface area contributed by atoms with Crippen LogP contribution in [-0.2, 0) is 0 Å². The summed E-state index contributed by atoms with van der Waals surface area (Å²) in [7, 11) is 0. The quantitative estimate of drug-likeness (QED) is 0.524. The molecule has 2 aromatic carbocycles. The number of aromatic amines is 2. The van der Waals surface area contributed by atoms with E-state index in [1.165, 1.54) is 5.56 Å². The fourth-order valence-electron chi connectivity index (χ4n) is 2.67. The zero-order valence-electron chi connectivity index (χ0n) is 13.0. The number of H-pyrrole nitrogens is 2. The lowest BCUT2D eigenvalue weighted by Crippen LogP contribution is -2.05. The minimum Gasteiger partial charge on any atom is -0.355 e. The van der Waals surface area contributed by atoms with Gasteiger partial charge < -0.3 is 15.3 Å². The molecule has 0 saturated heterocycles. The first-order valence-electron chi connectivity index (χ1n) is 7.68. The molecule has 1 atom stereocenters. The van der Waals surface area contributed by atoms with E-state index in [1.807, 2.05) is 41.8 Å². The van der Waals surface area contributed by atoms with Crippen molar-refractivity contribution in [1.82, 2.24) is 15.0 Å². The van der Waals surface area contributed by atoms with Crippen molar-refractivity contribution < 1.29 is 0 Å². The van der Waals surface area contributed by atoms with Gasteiger partial charge in [-0.3, -0.25) is 0 Å². The zero-order chi connectivity index (χ0) is 16.5. The number of aromatic nitrogens is 3. The molecule has 4 aromatic rings. The molecule has 0 aliphatic heterocycles. The van der Waals surface area contributed by atoms with Gasteiger partial charge in [-0.25, -0.2) is 9.78 Å². The van der Waals surface area contributed by atoms with Crippen LogP contribution < -0.4 is 11.0 Å². The van der Waals surface area contributed by atoms with Crippen molar-refractivity contribution in [3.8, 4) is 11.3 Å². The Balaban J connectivity index is 1.58. The van der Waals surface area contributed by atoms with Crippen LogP contribution in [-0.4, -0.2) is 15.0 Å². The van der Waals surface area contributed by atoms with E-state index < -0.39 is 0 Å².